The van der Waals surface area contributed by atoms with E-state index in [0.29, 0.717) is 19.4 Å². The van der Waals surface area contributed by atoms with Crippen LogP contribution in [0.25, 0.3) is 0 Å². The van der Waals surface area contributed by atoms with Gasteiger partial charge < -0.3 is 15.2 Å². The first-order chi connectivity index (χ1) is 10.4. The molecular formula is C17H24N2O2. The Balaban J connectivity index is 1.61. The summed E-state index contributed by atoms with van der Waals surface area (Å²) < 4.78 is 10.9. The Morgan fingerprint density at radius 2 is 2.00 bits per heavy atom. The lowest BCUT2D eigenvalue weighted by atomic mass is 9.89. The maximum atomic E-state index is 6.15. The van der Waals surface area contributed by atoms with Gasteiger partial charge in [0.25, 0.3) is 0 Å². The first-order valence-corrected chi connectivity index (χ1v) is 8.22. The lowest BCUT2D eigenvalue weighted by Crippen LogP contribution is -2.46. The van der Waals surface area contributed by atoms with E-state index in [1.54, 1.807) is 0 Å². The zero-order chi connectivity index (χ0) is 14.2. The second kappa shape index (κ2) is 5.50. The van der Waals surface area contributed by atoms with Crippen LogP contribution in [0.2, 0.25) is 0 Å². The maximum Gasteiger partial charge on any atom is 0.231 e. The molecule has 114 valence electrons. The van der Waals surface area contributed by atoms with E-state index in [1.807, 2.05) is 6.07 Å². The minimum absolute atomic E-state index is 0.311. The fraction of sp³-hybridized carbons (Fsp3) is 0.647. The van der Waals surface area contributed by atoms with E-state index in [9.17, 15) is 0 Å². The topological polar surface area (TPSA) is 47.7 Å². The molecule has 2 N–H and O–H groups in total. The highest BCUT2D eigenvalue weighted by molar-refractivity contribution is 5.45. The summed E-state index contributed by atoms with van der Waals surface area (Å²) in [5, 5.41) is 0. The molecule has 0 bridgehead atoms. The molecule has 4 heteroatoms. The maximum absolute atomic E-state index is 6.15. The molecule has 4 rings (SSSR count). The molecule has 2 fully saturated rings. The van der Waals surface area contributed by atoms with Crippen LogP contribution in [0.5, 0.6) is 11.5 Å². The number of nitrogens with two attached hydrogens (primary N) is 1. The molecule has 0 spiro atoms. The van der Waals surface area contributed by atoms with Gasteiger partial charge in [-0.1, -0.05) is 12.5 Å². The van der Waals surface area contributed by atoms with E-state index in [-0.39, 0.29) is 0 Å². The molecule has 3 aliphatic rings. The van der Waals surface area contributed by atoms with Crippen LogP contribution in [-0.4, -0.2) is 30.8 Å². The Bertz CT molecular complexity index is 520. The summed E-state index contributed by atoms with van der Waals surface area (Å²) in [6.45, 7) is 2.18. The van der Waals surface area contributed by atoms with Crippen LogP contribution < -0.4 is 15.2 Å². The SMILES string of the molecule is NCC(c1ccc2c(c1)OCO2)N1CCCC2CCCC21. The average Bonchev–Trinajstić information content (AvgIpc) is 3.16. The lowest BCUT2D eigenvalue weighted by molar-refractivity contribution is 0.0700. The van der Waals surface area contributed by atoms with Crippen molar-refractivity contribution in [3.63, 3.8) is 0 Å². The predicted molar refractivity (Wildman–Crippen MR) is 81.4 cm³/mol. The highest BCUT2D eigenvalue weighted by Crippen LogP contribution is 2.42. The molecule has 3 unspecified atom stereocenters. The number of nitrogens with zero attached hydrogens (tertiary/aromatic N) is 1. The van der Waals surface area contributed by atoms with Gasteiger partial charge in [0.05, 0.1) is 0 Å². The Hall–Kier alpha value is -1.26. The molecule has 4 nitrogen and oxygen atoms in total. The fourth-order valence-electron chi connectivity index (χ4n) is 4.46. The molecule has 3 atom stereocenters. The quantitative estimate of drug-likeness (QED) is 0.929. The largest absolute Gasteiger partial charge is 0.454 e. The third-order valence-electron chi connectivity index (χ3n) is 5.44. The summed E-state index contributed by atoms with van der Waals surface area (Å²) in [7, 11) is 0. The van der Waals surface area contributed by atoms with E-state index < -0.39 is 0 Å². The van der Waals surface area contributed by atoms with Crippen LogP contribution in [0.3, 0.4) is 0 Å². The zero-order valence-corrected chi connectivity index (χ0v) is 12.5. The number of likely N-dealkylation sites (tertiary alicyclic amines) is 1. The summed E-state index contributed by atoms with van der Waals surface area (Å²) in [6.07, 6.45) is 6.83. The minimum Gasteiger partial charge on any atom is -0.454 e. The number of hydrogen-bond donors (Lipinski definition) is 1. The van der Waals surface area contributed by atoms with E-state index >= 15 is 0 Å². The first-order valence-electron chi connectivity index (χ1n) is 8.22. The Morgan fingerprint density at radius 3 is 2.90 bits per heavy atom. The summed E-state index contributed by atoms with van der Waals surface area (Å²) in [5.74, 6) is 2.61. The number of fused-ring (bicyclic) bond motifs is 2. The Kier molecular flexibility index (Phi) is 3.51. The van der Waals surface area contributed by atoms with Crippen molar-refractivity contribution < 1.29 is 9.47 Å². The van der Waals surface area contributed by atoms with Crippen molar-refractivity contribution >= 4 is 0 Å². The summed E-state index contributed by atoms with van der Waals surface area (Å²) in [4.78, 5) is 2.67. The third kappa shape index (κ3) is 2.30. The van der Waals surface area contributed by atoms with Crippen LogP contribution >= 0.6 is 0 Å². The standard InChI is InChI=1S/C17H24N2O2/c18-10-15(13-6-7-16-17(9-13)21-11-20-16)19-8-2-4-12-3-1-5-14(12)19/h6-7,9,12,14-15H,1-5,8,10-11,18H2. The van der Waals surface area contributed by atoms with E-state index in [1.165, 1.54) is 44.2 Å². The number of piperidine rings is 1. The lowest BCUT2D eigenvalue weighted by Gasteiger charge is -2.42. The second-order valence-corrected chi connectivity index (χ2v) is 6.50. The highest BCUT2D eigenvalue weighted by Gasteiger charge is 2.38. The van der Waals surface area contributed by atoms with Crippen LogP contribution in [0.4, 0.5) is 0 Å². The first kappa shape index (κ1) is 13.4. The van der Waals surface area contributed by atoms with Crippen molar-refractivity contribution in [2.45, 2.75) is 44.2 Å². The second-order valence-electron chi connectivity index (χ2n) is 6.50. The molecule has 1 saturated carbocycles. The van der Waals surface area contributed by atoms with Crippen molar-refractivity contribution in [3.8, 4) is 11.5 Å². The molecule has 21 heavy (non-hydrogen) atoms. The van der Waals surface area contributed by atoms with Gasteiger partial charge >= 0.3 is 0 Å². The van der Waals surface area contributed by atoms with Crippen LogP contribution in [0, 0.1) is 5.92 Å². The van der Waals surface area contributed by atoms with Crippen molar-refractivity contribution in [2.75, 3.05) is 19.9 Å². The van der Waals surface area contributed by atoms with Gasteiger partial charge in [0, 0.05) is 18.6 Å². The van der Waals surface area contributed by atoms with Gasteiger partial charge in [-0.05, 0) is 55.8 Å². The molecule has 0 amide bonds. The van der Waals surface area contributed by atoms with Crippen molar-refractivity contribution in [3.05, 3.63) is 23.8 Å². The molecular weight excluding hydrogens is 264 g/mol. The van der Waals surface area contributed by atoms with E-state index in [2.05, 4.69) is 17.0 Å². The Labute approximate surface area is 126 Å². The number of ether oxygens (including phenoxy) is 2. The molecule has 1 aliphatic carbocycles. The summed E-state index contributed by atoms with van der Waals surface area (Å²) in [5.41, 5.74) is 7.42. The minimum atomic E-state index is 0.311. The van der Waals surface area contributed by atoms with Gasteiger partial charge in [-0.3, -0.25) is 4.90 Å². The van der Waals surface area contributed by atoms with E-state index in [0.717, 1.165) is 23.5 Å². The Morgan fingerprint density at radius 1 is 1.14 bits per heavy atom. The van der Waals surface area contributed by atoms with Crippen molar-refractivity contribution in [1.82, 2.24) is 4.90 Å². The van der Waals surface area contributed by atoms with Crippen LogP contribution in [-0.2, 0) is 0 Å². The van der Waals surface area contributed by atoms with Crippen LogP contribution in [0.1, 0.15) is 43.7 Å². The van der Waals surface area contributed by atoms with Crippen LogP contribution in [0.15, 0.2) is 18.2 Å². The van der Waals surface area contributed by atoms with Gasteiger partial charge in [-0.15, -0.1) is 0 Å². The molecule has 1 saturated heterocycles. The molecule has 2 heterocycles. The summed E-state index contributed by atoms with van der Waals surface area (Å²) >= 11 is 0. The van der Waals surface area contributed by atoms with Gasteiger partial charge in [-0.25, -0.2) is 0 Å². The van der Waals surface area contributed by atoms with Crippen molar-refractivity contribution in [1.29, 1.82) is 0 Å². The van der Waals surface area contributed by atoms with Gasteiger partial charge in [-0.2, -0.15) is 0 Å². The predicted octanol–water partition coefficient (Wildman–Crippen LogP) is 2.68. The van der Waals surface area contributed by atoms with Crippen molar-refractivity contribution in [2.24, 2.45) is 11.7 Å². The summed E-state index contributed by atoms with van der Waals surface area (Å²) in [6, 6.07) is 7.35. The zero-order valence-electron chi connectivity index (χ0n) is 12.5. The number of hydrogen-bond acceptors (Lipinski definition) is 4. The molecule has 0 aromatic heterocycles. The van der Waals surface area contributed by atoms with Gasteiger partial charge in [0.2, 0.25) is 6.79 Å². The molecule has 2 aliphatic heterocycles. The number of benzene rings is 1. The van der Waals surface area contributed by atoms with Gasteiger partial charge in [0.1, 0.15) is 0 Å². The highest BCUT2D eigenvalue weighted by atomic mass is 16.7. The average molecular weight is 288 g/mol. The number of rotatable bonds is 3. The molecule has 1 aromatic rings. The monoisotopic (exact) mass is 288 g/mol. The molecule has 1 aromatic carbocycles. The normalized spacial score (nSPS) is 29.4. The fourth-order valence-corrected chi connectivity index (χ4v) is 4.46. The van der Waals surface area contributed by atoms with E-state index in [4.69, 9.17) is 15.2 Å². The molecule has 0 radical (unpaired) electrons. The van der Waals surface area contributed by atoms with Gasteiger partial charge in [0.15, 0.2) is 11.5 Å². The smallest absolute Gasteiger partial charge is 0.231 e. The third-order valence-corrected chi connectivity index (χ3v) is 5.44.